The summed E-state index contributed by atoms with van der Waals surface area (Å²) in [6, 6.07) is 6.77. The molecule has 0 bridgehead atoms. The van der Waals surface area contributed by atoms with Gasteiger partial charge < -0.3 is 5.32 Å². The molecule has 0 aliphatic rings. The second-order valence-corrected chi connectivity index (χ2v) is 5.27. The Labute approximate surface area is 127 Å². The average molecular weight is 333 g/mol. The molecule has 2 aromatic rings. The van der Waals surface area contributed by atoms with E-state index in [-0.39, 0.29) is 10.7 Å². The lowest BCUT2D eigenvalue weighted by Crippen LogP contribution is -2.13. The lowest BCUT2D eigenvalue weighted by Gasteiger charge is -2.07. The Morgan fingerprint density at radius 3 is 2.57 bits per heavy atom. The number of alkyl halides is 2. The molecule has 1 amide bonds. The van der Waals surface area contributed by atoms with Crippen molar-refractivity contribution in [3.05, 3.63) is 53.1 Å². The van der Waals surface area contributed by atoms with Gasteiger partial charge in [0.15, 0.2) is 0 Å². The second-order valence-electron chi connectivity index (χ2n) is 3.85. The molecule has 0 unspecified atom stereocenters. The molecule has 110 valence electrons. The number of anilines is 1. The van der Waals surface area contributed by atoms with Gasteiger partial charge in [0.05, 0.1) is 11.8 Å². The van der Waals surface area contributed by atoms with Crippen molar-refractivity contribution >= 4 is 35.0 Å². The predicted molar refractivity (Wildman–Crippen MR) is 75.5 cm³/mol. The van der Waals surface area contributed by atoms with Crippen LogP contribution in [0.5, 0.6) is 0 Å². The topological polar surface area (TPSA) is 42.0 Å². The van der Waals surface area contributed by atoms with Crippen molar-refractivity contribution in [2.24, 2.45) is 0 Å². The van der Waals surface area contributed by atoms with Crippen LogP contribution < -0.4 is 5.32 Å². The van der Waals surface area contributed by atoms with Crippen LogP contribution in [0, 0.1) is 5.82 Å². The van der Waals surface area contributed by atoms with Crippen LogP contribution in [0.2, 0.25) is 5.15 Å². The Bertz CT molecular complexity index is 652. The third-order valence-electron chi connectivity index (χ3n) is 2.39. The molecule has 3 nitrogen and oxygen atoms in total. The minimum atomic E-state index is -2.51. The number of rotatable bonds is 4. The number of nitrogens with zero attached hydrogens (tertiary/aromatic N) is 1. The Kier molecular flexibility index (Phi) is 5.08. The fourth-order valence-corrected chi connectivity index (χ4v) is 2.19. The largest absolute Gasteiger partial charge is 0.322 e. The fraction of sp³-hybridized carbons (Fsp3) is 0.0769. The summed E-state index contributed by atoms with van der Waals surface area (Å²) in [6.45, 7) is 0. The molecule has 8 heteroatoms. The Morgan fingerprint density at radius 1 is 1.29 bits per heavy atom. The van der Waals surface area contributed by atoms with Crippen LogP contribution in [0.15, 0.2) is 41.4 Å². The van der Waals surface area contributed by atoms with Crippen molar-refractivity contribution in [1.82, 2.24) is 4.98 Å². The van der Waals surface area contributed by atoms with Crippen LogP contribution in [0.3, 0.4) is 0 Å². The van der Waals surface area contributed by atoms with Crippen LogP contribution in [0.25, 0.3) is 0 Å². The number of hydrogen-bond acceptors (Lipinski definition) is 3. The zero-order valence-electron chi connectivity index (χ0n) is 10.3. The number of halogens is 4. The number of hydrogen-bond donors (Lipinski definition) is 1. The van der Waals surface area contributed by atoms with E-state index >= 15 is 0 Å². The van der Waals surface area contributed by atoms with E-state index in [1.54, 1.807) is 0 Å². The molecule has 21 heavy (non-hydrogen) atoms. The van der Waals surface area contributed by atoms with Crippen LogP contribution in [-0.4, -0.2) is 16.6 Å². The van der Waals surface area contributed by atoms with Gasteiger partial charge in [-0.2, -0.15) is 8.78 Å². The molecule has 1 N–H and O–H groups in total. The van der Waals surface area contributed by atoms with Crippen molar-refractivity contribution < 1.29 is 18.0 Å². The molecule has 0 saturated heterocycles. The highest BCUT2D eigenvalue weighted by Crippen LogP contribution is 2.26. The Balaban J connectivity index is 2.10. The van der Waals surface area contributed by atoms with E-state index in [1.807, 2.05) is 0 Å². The summed E-state index contributed by atoms with van der Waals surface area (Å²) in [5, 5.41) is 2.35. The molecule has 1 heterocycles. The van der Waals surface area contributed by atoms with Crippen molar-refractivity contribution in [2.45, 2.75) is 10.7 Å². The van der Waals surface area contributed by atoms with E-state index in [0.717, 1.165) is 12.3 Å². The van der Waals surface area contributed by atoms with Crippen molar-refractivity contribution in [3.8, 4) is 0 Å². The average Bonchev–Trinajstić information content (AvgIpc) is 2.43. The summed E-state index contributed by atoms with van der Waals surface area (Å²) in [4.78, 5) is 15.8. The Hall–Kier alpha value is -1.73. The predicted octanol–water partition coefficient (Wildman–Crippen LogP) is 4.44. The second kappa shape index (κ2) is 6.82. The molecule has 1 aromatic heterocycles. The van der Waals surface area contributed by atoms with Gasteiger partial charge in [0.1, 0.15) is 11.0 Å². The molecule has 0 saturated carbocycles. The summed E-state index contributed by atoms with van der Waals surface area (Å²) < 4.78 is 37.4. The van der Waals surface area contributed by atoms with Gasteiger partial charge in [0.2, 0.25) is 0 Å². The molecule has 0 atom stereocenters. The lowest BCUT2D eigenvalue weighted by molar-refractivity contribution is 0.102. The monoisotopic (exact) mass is 332 g/mol. The van der Waals surface area contributed by atoms with Gasteiger partial charge in [-0.05, 0) is 30.3 Å². The van der Waals surface area contributed by atoms with Gasteiger partial charge >= 0.3 is 0 Å². The number of carbonyl (C=O) groups is 1. The zero-order chi connectivity index (χ0) is 15.4. The molecule has 0 aliphatic heterocycles. The highest BCUT2D eigenvalue weighted by molar-refractivity contribution is 7.99. The standard InChI is InChI=1S/C13H8ClF3N2OS/c14-11-10(5-7(15)6-18-11)12(20)19-8-1-3-9(4-2-8)21-13(16)17/h1-6,13H,(H,19,20). The number of thioether (sulfide) groups is 1. The molecule has 0 spiro atoms. The molecule has 0 radical (unpaired) electrons. The fourth-order valence-electron chi connectivity index (χ4n) is 1.50. The first-order valence-corrected chi connectivity index (χ1v) is 6.89. The zero-order valence-corrected chi connectivity index (χ0v) is 11.9. The number of carbonyl (C=O) groups excluding carboxylic acids is 1. The Morgan fingerprint density at radius 2 is 1.95 bits per heavy atom. The maximum atomic E-state index is 13.0. The number of nitrogens with one attached hydrogen (secondary N) is 1. The van der Waals surface area contributed by atoms with Gasteiger partial charge in [0.25, 0.3) is 11.7 Å². The maximum absolute atomic E-state index is 13.0. The summed E-state index contributed by atoms with van der Waals surface area (Å²) in [5.74, 6) is -3.84. The summed E-state index contributed by atoms with van der Waals surface area (Å²) in [6.07, 6.45) is 0.898. The first kappa shape index (κ1) is 15.7. The number of pyridine rings is 1. The van der Waals surface area contributed by atoms with Gasteiger partial charge in [-0.25, -0.2) is 9.37 Å². The van der Waals surface area contributed by atoms with E-state index in [1.165, 1.54) is 24.3 Å². The van der Waals surface area contributed by atoms with Gasteiger partial charge in [-0.1, -0.05) is 23.4 Å². The van der Waals surface area contributed by atoms with Crippen molar-refractivity contribution in [2.75, 3.05) is 5.32 Å². The van der Waals surface area contributed by atoms with E-state index in [0.29, 0.717) is 22.3 Å². The van der Waals surface area contributed by atoms with Gasteiger partial charge in [0, 0.05) is 10.6 Å². The SMILES string of the molecule is O=C(Nc1ccc(SC(F)F)cc1)c1cc(F)cnc1Cl. The van der Waals surface area contributed by atoms with Gasteiger partial charge in [-0.3, -0.25) is 4.79 Å². The minimum absolute atomic E-state index is 0.109. The molecule has 0 aliphatic carbocycles. The normalized spacial score (nSPS) is 10.7. The smallest absolute Gasteiger partial charge is 0.288 e. The highest BCUT2D eigenvalue weighted by Gasteiger charge is 2.13. The molecule has 0 fully saturated rings. The number of amides is 1. The van der Waals surface area contributed by atoms with E-state index in [9.17, 15) is 18.0 Å². The first-order valence-electron chi connectivity index (χ1n) is 5.63. The third-order valence-corrected chi connectivity index (χ3v) is 3.41. The maximum Gasteiger partial charge on any atom is 0.288 e. The quantitative estimate of drug-likeness (QED) is 0.664. The lowest BCUT2D eigenvalue weighted by atomic mass is 10.2. The highest BCUT2D eigenvalue weighted by atomic mass is 35.5. The molecule has 1 aromatic carbocycles. The number of benzene rings is 1. The molecular formula is C13H8ClF3N2OS. The van der Waals surface area contributed by atoms with E-state index < -0.39 is 17.5 Å². The van der Waals surface area contributed by atoms with Crippen LogP contribution in [0.4, 0.5) is 18.9 Å². The van der Waals surface area contributed by atoms with Crippen LogP contribution in [0.1, 0.15) is 10.4 Å². The minimum Gasteiger partial charge on any atom is -0.322 e. The van der Waals surface area contributed by atoms with E-state index in [4.69, 9.17) is 11.6 Å². The van der Waals surface area contributed by atoms with Crippen molar-refractivity contribution in [1.29, 1.82) is 0 Å². The summed E-state index contributed by atoms with van der Waals surface area (Å²) >= 11 is 6.11. The van der Waals surface area contributed by atoms with Crippen LogP contribution in [-0.2, 0) is 0 Å². The number of aromatic nitrogens is 1. The summed E-state index contributed by atoms with van der Waals surface area (Å²) in [7, 11) is 0. The molecule has 2 rings (SSSR count). The van der Waals surface area contributed by atoms with Gasteiger partial charge in [-0.15, -0.1) is 0 Å². The first-order chi connectivity index (χ1) is 9.95. The third kappa shape index (κ3) is 4.37. The van der Waals surface area contributed by atoms with Crippen molar-refractivity contribution in [3.63, 3.8) is 0 Å². The van der Waals surface area contributed by atoms with E-state index in [2.05, 4.69) is 10.3 Å². The van der Waals surface area contributed by atoms with Crippen LogP contribution >= 0.6 is 23.4 Å². The molecular weight excluding hydrogens is 325 g/mol. The summed E-state index contributed by atoms with van der Waals surface area (Å²) in [5.41, 5.74) is 0.265.